The highest BCUT2D eigenvalue weighted by Crippen LogP contribution is 2.21. The van der Waals surface area contributed by atoms with E-state index in [1.54, 1.807) is 25.1 Å². The fraction of sp³-hybridized carbons (Fsp3) is 0.571. The summed E-state index contributed by atoms with van der Waals surface area (Å²) in [6.45, 7) is 7.85. The van der Waals surface area contributed by atoms with E-state index in [9.17, 15) is 8.42 Å². The Kier molecular flexibility index (Phi) is 5.38. The zero-order valence-corrected chi connectivity index (χ0v) is 12.9. The average Bonchev–Trinajstić information content (AvgIpc) is 2.31. The van der Waals surface area contributed by atoms with Crippen LogP contribution in [0.4, 0.5) is 5.69 Å². The molecule has 4 nitrogen and oxygen atoms in total. The molecular weight excluding hydrogens is 260 g/mol. The molecule has 0 amide bonds. The summed E-state index contributed by atoms with van der Waals surface area (Å²) in [5, 5.41) is 0. The number of benzene rings is 1. The van der Waals surface area contributed by atoms with E-state index in [4.69, 9.17) is 5.73 Å². The molecule has 0 spiro atoms. The van der Waals surface area contributed by atoms with Gasteiger partial charge in [0.05, 0.1) is 4.90 Å². The molecule has 0 aliphatic carbocycles. The van der Waals surface area contributed by atoms with E-state index in [2.05, 4.69) is 18.6 Å². The van der Waals surface area contributed by atoms with Gasteiger partial charge in [-0.15, -0.1) is 0 Å². The summed E-state index contributed by atoms with van der Waals surface area (Å²) < 4.78 is 27.4. The van der Waals surface area contributed by atoms with Gasteiger partial charge in [0.2, 0.25) is 10.0 Å². The van der Waals surface area contributed by atoms with Crippen LogP contribution in [0, 0.1) is 12.8 Å². The second-order valence-corrected chi connectivity index (χ2v) is 6.92. The number of anilines is 1. The number of nitrogens with one attached hydrogen (secondary N) is 1. The maximum atomic E-state index is 12.3. The molecule has 0 aromatic heterocycles. The summed E-state index contributed by atoms with van der Waals surface area (Å²) in [6.07, 6.45) is 1.88. The van der Waals surface area contributed by atoms with Crippen molar-refractivity contribution < 1.29 is 8.42 Å². The Morgan fingerprint density at radius 1 is 1.32 bits per heavy atom. The molecule has 19 heavy (non-hydrogen) atoms. The summed E-state index contributed by atoms with van der Waals surface area (Å²) in [5.41, 5.74) is 6.86. The molecule has 108 valence electrons. The maximum Gasteiger partial charge on any atom is 0.241 e. The number of nitrogen functional groups attached to an aromatic ring is 1. The molecule has 0 fully saturated rings. The van der Waals surface area contributed by atoms with E-state index in [1.165, 1.54) is 0 Å². The van der Waals surface area contributed by atoms with Crippen LogP contribution in [0.5, 0.6) is 0 Å². The van der Waals surface area contributed by atoms with Crippen molar-refractivity contribution in [2.24, 2.45) is 5.92 Å². The molecular formula is C14H24N2O2S. The van der Waals surface area contributed by atoms with Gasteiger partial charge in [0.15, 0.2) is 0 Å². The van der Waals surface area contributed by atoms with Crippen LogP contribution >= 0.6 is 0 Å². The number of rotatable bonds is 6. The molecule has 1 rings (SSSR count). The number of hydrogen-bond acceptors (Lipinski definition) is 3. The number of sulfonamides is 1. The highest BCUT2D eigenvalue weighted by atomic mass is 32.2. The normalized spacial score (nSPS) is 15.2. The van der Waals surface area contributed by atoms with Gasteiger partial charge in [0.1, 0.15) is 0 Å². The predicted molar refractivity (Wildman–Crippen MR) is 79.4 cm³/mol. The minimum absolute atomic E-state index is 0.0826. The van der Waals surface area contributed by atoms with Crippen molar-refractivity contribution in [3.05, 3.63) is 23.8 Å². The van der Waals surface area contributed by atoms with Crippen LogP contribution in [0.3, 0.4) is 0 Å². The molecule has 5 heteroatoms. The lowest BCUT2D eigenvalue weighted by atomic mass is 10.0. The number of hydrogen-bond donors (Lipinski definition) is 2. The molecule has 0 aliphatic heterocycles. The predicted octanol–water partition coefficient (Wildman–Crippen LogP) is 2.68. The van der Waals surface area contributed by atoms with Gasteiger partial charge in [0, 0.05) is 11.7 Å². The third kappa shape index (κ3) is 4.21. The summed E-state index contributed by atoms with van der Waals surface area (Å²) in [6, 6.07) is 4.87. The van der Waals surface area contributed by atoms with Crippen LogP contribution in [0.15, 0.2) is 23.1 Å². The molecule has 0 saturated carbocycles. The van der Waals surface area contributed by atoms with Crippen molar-refractivity contribution in [1.29, 1.82) is 0 Å². The average molecular weight is 284 g/mol. The highest BCUT2D eigenvalue weighted by molar-refractivity contribution is 7.89. The van der Waals surface area contributed by atoms with Gasteiger partial charge in [0.25, 0.3) is 0 Å². The smallest absolute Gasteiger partial charge is 0.241 e. The first-order chi connectivity index (χ1) is 8.77. The van der Waals surface area contributed by atoms with Crippen LogP contribution in [0.25, 0.3) is 0 Å². The fourth-order valence-electron chi connectivity index (χ4n) is 2.07. The van der Waals surface area contributed by atoms with Crippen molar-refractivity contribution in [3.63, 3.8) is 0 Å². The fourth-order valence-corrected chi connectivity index (χ4v) is 3.60. The number of nitrogens with two attached hydrogens (primary N) is 1. The standard InChI is InChI=1S/C14H24N2O2S/c1-5-10(2)9-11(3)16-19(17,18)14-8-6-7-13(15)12(14)4/h6-8,10-11,16H,5,9,15H2,1-4H3. The molecule has 0 saturated heterocycles. The first-order valence-electron chi connectivity index (χ1n) is 6.65. The molecule has 2 unspecified atom stereocenters. The third-order valence-corrected chi connectivity index (χ3v) is 5.16. The minimum atomic E-state index is -3.50. The van der Waals surface area contributed by atoms with Crippen molar-refractivity contribution >= 4 is 15.7 Å². The molecule has 2 atom stereocenters. The molecule has 0 heterocycles. The highest BCUT2D eigenvalue weighted by Gasteiger charge is 2.20. The summed E-state index contributed by atoms with van der Waals surface area (Å²) in [7, 11) is -3.50. The Morgan fingerprint density at radius 2 is 1.95 bits per heavy atom. The van der Waals surface area contributed by atoms with Crippen molar-refractivity contribution in [2.45, 2.75) is 51.5 Å². The largest absolute Gasteiger partial charge is 0.398 e. The Hall–Kier alpha value is -1.07. The van der Waals surface area contributed by atoms with E-state index in [-0.39, 0.29) is 10.9 Å². The zero-order valence-electron chi connectivity index (χ0n) is 12.1. The van der Waals surface area contributed by atoms with Crippen molar-refractivity contribution in [1.82, 2.24) is 4.72 Å². The molecule has 3 N–H and O–H groups in total. The molecule has 1 aromatic rings. The van der Waals surface area contributed by atoms with Gasteiger partial charge in [-0.1, -0.05) is 26.3 Å². The van der Waals surface area contributed by atoms with Crippen LogP contribution in [-0.2, 0) is 10.0 Å². The molecule has 0 aliphatic rings. The van der Waals surface area contributed by atoms with Gasteiger partial charge in [-0.3, -0.25) is 0 Å². The zero-order chi connectivity index (χ0) is 14.6. The van der Waals surface area contributed by atoms with Gasteiger partial charge in [-0.2, -0.15) is 0 Å². The van der Waals surface area contributed by atoms with Gasteiger partial charge < -0.3 is 5.73 Å². The Morgan fingerprint density at radius 3 is 2.53 bits per heavy atom. The summed E-state index contributed by atoms with van der Waals surface area (Å²) in [4.78, 5) is 0.267. The Balaban J connectivity index is 2.90. The summed E-state index contributed by atoms with van der Waals surface area (Å²) in [5.74, 6) is 0.500. The Labute approximate surface area is 116 Å². The molecule has 0 radical (unpaired) electrons. The topological polar surface area (TPSA) is 72.2 Å². The monoisotopic (exact) mass is 284 g/mol. The van der Waals surface area contributed by atoms with Crippen molar-refractivity contribution in [3.8, 4) is 0 Å². The quantitative estimate of drug-likeness (QED) is 0.789. The van der Waals surface area contributed by atoms with E-state index in [1.807, 2.05) is 6.92 Å². The first kappa shape index (κ1) is 16.0. The van der Waals surface area contributed by atoms with Crippen LogP contribution in [-0.4, -0.2) is 14.5 Å². The minimum Gasteiger partial charge on any atom is -0.398 e. The van der Waals surface area contributed by atoms with Gasteiger partial charge >= 0.3 is 0 Å². The van der Waals surface area contributed by atoms with E-state index in [0.717, 1.165) is 12.8 Å². The lowest BCUT2D eigenvalue weighted by Gasteiger charge is -2.18. The van der Waals surface area contributed by atoms with Crippen LogP contribution in [0.1, 0.15) is 39.2 Å². The SMILES string of the molecule is CCC(C)CC(C)NS(=O)(=O)c1cccc(N)c1C. The second kappa shape index (κ2) is 6.39. The first-order valence-corrected chi connectivity index (χ1v) is 8.13. The second-order valence-electron chi connectivity index (χ2n) is 5.24. The maximum absolute atomic E-state index is 12.3. The van der Waals surface area contributed by atoms with Crippen LogP contribution < -0.4 is 10.5 Å². The molecule has 0 bridgehead atoms. The third-order valence-electron chi connectivity index (χ3n) is 3.42. The Bertz CT molecular complexity index is 526. The summed E-state index contributed by atoms with van der Waals surface area (Å²) >= 11 is 0. The van der Waals surface area contributed by atoms with Gasteiger partial charge in [-0.05, 0) is 43.9 Å². The van der Waals surface area contributed by atoms with E-state index in [0.29, 0.717) is 17.2 Å². The lowest BCUT2D eigenvalue weighted by molar-refractivity contribution is 0.445. The van der Waals surface area contributed by atoms with E-state index < -0.39 is 10.0 Å². The van der Waals surface area contributed by atoms with Crippen molar-refractivity contribution in [2.75, 3.05) is 5.73 Å². The molecule has 1 aromatic carbocycles. The van der Waals surface area contributed by atoms with E-state index >= 15 is 0 Å². The van der Waals surface area contributed by atoms with Gasteiger partial charge in [-0.25, -0.2) is 13.1 Å². The van der Waals surface area contributed by atoms with Crippen LogP contribution in [0.2, 0.25) is 0 Å². The lowest BCUT2D eigenvalue weighted by Crippen LogP contribution is -2.34.